The summed E-state index contributed by atoms with van der Waals surface area (Å²) in [4.78, 5) is 2.47. The normalized spacial score (nSPS) is 22.1. The van der Waals surface area contributed by atoms with E-state index in [-0.39, 0.29) is 0 Å². The molecular formula is C10H20N2. The van der Waals surface area contributed by atoms with Crippen molar-refractivity contribution in [2.24, 2.45) is 5.73 Å². The lowest BCUT2D eigenvalue weighted by Gasteiger charge is -2.26. The predicted octanol–water partition coefficient (Wildman–Crippen LogP) is 1.38. The van der Waals surface area contributed by atoms with Gasteiger partial charge in [0.2, 0.25) is 0 Å². The number of hydrogen-bond acceptors (Lipinski definition) is 2. The molecule has 12 heavy (non-hydrogen) atoms. The molecule has 0 aromatic heterocycles. The molecule has 0 saturated heterocycles. The molecule has 0 aliphatic carbocycles. The molecule has 0 bridgehead atoms. The maximum Gasteiger partial charge on any atom is 0.0193 e. The Morgan fingerprint density at radius 1 is 1.67 bits per heavy atom. The molecule has 0 radical (unpaired) electrons. The second kappa shape index (κ2) is 4.63. The minimum absolute atomic E-state index is 0.313. The molecule has 2 heteroatoms. The van der Waals surface area contributed by atoms with Crippen molar-refractivity contribution in [2.45, 2.75) is 32.7 Å². The van der Waals surface area contributed by atoms with E-state index in [9.17, 15) is 0 Å². The summed E-state index contributed by atoms with van der Waals surface area (Å²) in [6.45, 7) is 7.81. The fraction of sp³-hybridized carbons (Fsp3) is 0.800. The van der Waals surface area contributed by atoms with Gasteiger partial charge in [-0.2, -0.15) is 0 Å². The van der Waals surface area contributed by atoms with Gasteiger partial charge in [0.25, 0.3) is 0 Å². The molecule has 1 unspecified atom stereocenters. The van der Waals surface area contributed by atoms with E-state index < -0.39 is 0 Å². The third kappa shape index (κ3) is 2.95. The van der Waals surface area contributed by atoms with Gasteiger partial charge >= 0.3 is 0 Å². The van der Waals surface area contributed by atoms with Crippen molar-refractivity contribution < 1.29 is 0 Å². The van der Waals surface area contributed by atoms with Crippen LogP contribution in [0.4, 0.5) is 0 Å². The highest BCUT2D eigenvalue weighted by atomic mass is 15.1. The van der Waals surface area contributed by atoms with Crippen LogP contribution in [0, 0.1) is 0 Å². The van der Waals surface area contributed by atoms with Gasteiger partial charge in [-0.3, -0.25) is 4.90 Å². The van der Waals surface area contributed by atoms with Crippen LogP contribution in [0.2, 0.25) is 0 Å². The van der Waals surface area contributed by atoms with Crippen molar-refractivity contribution in [1.82, 2.24) is 4.90 Å². The average Bonchev–Trinajstić information content (AvgIpc) is 2.03. The van der Waals surface area contributed by atoms with Crippen molar-refractivity contribution >= 4 is 0 Å². The Morgan fingerprint density at radius 2 is 2.42 bits per heavy atom. The summed E-state index contributed by atoms with van der Waals surface area (Å²) in [6.07, 6.45) is 4.63. The Balaban J connectivity index is 2.39. The number of likely N-dealkylation sites (N-methyl/N-ethyl adjacent to an activating group) is 1. The van der Waals surface area contributed by atoms with Crippen LogP contribution in [0.3, 0.4) is 0 Å². The third-order valence-electron chi connectivity index (χ3n) is 2.34. The number of nitrogens with two attached hydrogens (primary N) is 1. The molecule has 1 aliphatic heterocycles. The van der Waals surface area contributed by atoms with Gasteiger partial charge in [-0.05, 0) is 26.3 Å². The van der Waals surface area contributed by atoms with Crippen LogP contribution in [-0.4, -0.2) is 30.6 Å². The Labute approximate surface area is 75.4 Å². The summed E-state index contributed by atoms with van der Waals surface area (Å²) in [6, 6.07) is 0.313. The molecule has 2 nitrogen and oxygen atoms in total. The van der Waals surface area contributed by atoms with Crippen LogP contribution in [0.15, 0.2) is 11.6 Å². The molecule has 0 fully saturated rings. The fourth-order valence-electron chi connectivity index (χ4n) is 1.71. The highest BCUT2D eigenvalue weighted by molar-refractivity contribution is 5.09. The Kier molecular flexibility index (Phi) is 3.76. The molecule has 0 spiro atoms. The number of hydrogen-bond donors (Lipinski definition) is 1. The van der Waals surface area contributed by atoms with Crippen LogP contribution in [0.25, 0.3) is 0 Å². The largest absolute Gasteiger partial charge is 0.328 e. The lowest BCUT2D eigenvalue weighted by molar-refractivity contribution is 0.301. The molecule has 1 atom stereocenters. The molecule has 1 heterocycles. The SMILES string of the molecule is CCN1CCC=C(CC(C)N)C1. The molecule has 2 N–H and O–H groups in total. The predicted molar refractivity (Wildman–Crippen MR) is 53.1 cm³/mol. The second-order valence-electron chi connectivity index (χ2n) is 3.70. The van der Waals surface area contributed by atoms with E-state index in [1.807, 2.05) is 0 Å². The zero-order valence-corrected chi connectivity index (χ0v) is 8.21. The highest BCUT2D eigenvalue weighted by Crippen LogP contribution is 2.13. The monoisotopic (exact) mass is 168 g/mol. The summed E-state index contributed by atoms with van der Waals surface area (Å²) >= 11 is 0. The fourth-order valence-corrected chi connectivity index (χ4v) is 1.71. The minimum atomic E-state index is 0.313. The summed E-state index contributed by atoms with van der Waals surface area (Å²) < 4.78 is 0. The summed E-state index contributed by atoms with van der Waals surface area (Å²) in [5.41, 5.74) is 7.28. The van der Waals surface area contributed by atoms with Gasteiger partial charge in [0.05, 0.1) is 0 Å². The van der Waals surface area contributed by atoms with E-state index in [0.717, 1.165) is 19.5 Å². The summed E-state index contributed by atoms with van der Waals surface area (Å²) in [5, 5.41) is 0. The van der Waals surface area contributed by atoms with Gasteiger partial charge in [0.1, 0.15) is 0 Å². The first kappa shape index (κ1) is 9.75. The average molecular weight is 168 g/mol. The van der Waals surface area contributed by atoms with Gasteiger partial charge in [-0.25, -0.2) is 0 Å². The van der Waals surface area contributed by atoms with Crippen molar-refractivity contribution in [3.8, 4) is 0 Å². The van der Waals surface area contributed by atoms with Crippen LogP contribution in [0.5, 0.6) is 0 Å². The third-order valence-corrected chi connectivity index (χ3v) is 2.34. The Bertz CT molecular complexity index is 161. The number of nitrogens with zero attached hydrogens (tertiary/aromatic N) is 1. The maximum atomic E-state index is 5.75. The van der Waals surface area contributed by atoms with Crippen molar-refractivity contribution in [3.05, 3.63) is 11.6 Å². The Morgan fingerprint density at radius 3 is 3.00 bits per heavy atom. The van der Waals surface area contributed by atoms with E-state index in [4.69, 9.17) is 5.73 Å². The van der Waals surface area contributed by atoms with Gasteiger partial charge in [0.15, 0.2) is 0 Å². The van der Waals surface area contributed by atoms with Gasteiger partial charge < -0.3 is 5.73 Å². The van der Waals surface area contributed by atoms with Crippen LogP contribution in [-0.2, 0) is 0 Å². The molecular weight excluding hydrogens is 148 g/mol. The van der Waals surface area contributed by atoms with E-state index >= 15 is 0 Å². The molecule has 0 amide bonds. The van der Waals surface area contributed by atoms with E-state index in [2.05, 4.69) is 24.8 Å². The summed E-state index contributed by atoms with van der Waals surface area (Å²) in [5.74, 6) is 0. The quantitative estimate of drug-likeness (QED) is 0.645. The lowest BCUT2D eigenvalue weighted by atomic mass is 10.0. The van der Waals surface area contributed by atoms with Gasteiger partial charge in [0, 0.05) is 19.1 Å². The first-order valence-corrected chi connectivity index (χ1v) is 4.88. The topological polar surface area (TPSA) is 29.3 Å². The van der Waals surface area contributed by atoms with Crippen LogP contribution >= 0.6 is 0 Å². The second-order valence-corrected chi connectivity index (χ2v) is 3.70. The van der Waals surface area contributed by atoms with Crippen LogP contribution in [0.1, 0.15) is 26.7 Å². The molecule has 0 aromatic carbocycles. The molecule has 1 rings (SSSR count). The van der Waals surface area contributed by atoms with Gasteiger partial charge in [-0.1, -0.05) is 18.6 Å². The molecule has 70 valence electrons. The van der Waals surface area contributed by atoms with Crippen molar-refractivity contribution in [1.29, 1.82) is 0 Å². The van der Waals surface area contributed by atoms with Crippen molar-refractivity contribution in [3.63, 3.8) is 0 Å². The summed E-state index contributed by atoms with van der Waals surface area (Å²) in [7, 11) is 0. The van der Waals surface area contributed by atoms with Crippen LogP contribution < -0.4 is 5.73 Å². The smallest absolute Gasteiger partial charge is 0.0193 e. The first-order valence-electron chi connectivity index (χ1n) is 4.88. The van der Waals surface area contributed by atoms with Crippen molar-refractivity contribution in [2.75, 3.05) is 19.6 Å². The minimum Gasteiger partial charge on any atom is -0.328 e. The lowest BCUT2D eigenvalue weighted by Crippen LogP contribution is -2.31. The highest BCUT2D eigenvalue weighted by Gasteiger charge is 2.11. The molecule has 0 saturated carbocycles. The zero-order chi connectivity index (χ0) is 8.97. The maximum absolute atomic E-state index is 5.75. The molecule has 0 aromatic rings. The van der Waals surface area contributed by atoms with E-state index in [0.29, 0.717) is 6.04 Å². The zero-order valence-electron chi connectivity index (χ0n) is 8.21. The van der Waals surface area contributed by atoms with E-state index in [1.54, 1.807) is 0 Å². The number of rotatable bonds is 3. The Hall–Kier alpha value is -0.340. The van der Waals surface area contributed by atoms with E-state index in [1.165, 1.54) is 18.5 Å². The van der Waals surface area contributed by atoms with Gasteiger partial charge in [-0.15, -0.1) is 0 Å². The molecule has 1 aliphatic rings. The standard InChI is InChI=1S/C10H20N2/c1-3-12-6-4-5-10(8-12)7-9(2)11/h5,9H,3-4,6-8,11H2,1-2H3. The first-order chi connectivity index (χ1) is 5.72.